The maximum atomic E-state index is 12.7. The van der Waals surface area contributed by atoms with Gasteiger partial charge in [0.05, 0.1) is 24.0 Å². The van der Waals surface area contributed by atoms with Crippen molar-refractivity contribution in [2.75, 3.05) is 18.9 Å². The van der Waals surface area contributed by atoms with Crippen LogP contribution in [0.4, 0.5) is 5.95 Å². The number of nitrogens with zero attached hydrogens (tertiary/aromatic N) is 4. The van der Waals surface area contributed by atoms with E-state index in [1.54, 1.807) is 59.4 Å². The molecule has 1 fully saturated rings. The Bertz CT molecular complexity index is 1700. The number of carbonyl (C=O) groups is 2. The minimum atomic E-state index is -1.00. The molecule has 2 atom stereocenters. The maximum Gasteiger partial charge on any atom is 0.338 e. The van der Waals surface area contributed by atoms with Crippen LogP contribution in [0, 0.1) is 0 Å². The van der Waals surface area contributed by atoms with E-state index in [1.165, 1.54) is 0 Å². The van der Waals surface area contributed by atoms with Crippen molar-refractivity contribution in [3.63, 3.8) is 0 Å². The summed E-state index contributed by atoms with van der Waals surface area (Å²) in [5.74, 6) is -0.712. The molecule has 11 nitrogen and oxygen atoms in total. The molecule has 6 rings (SSSR count). The van der Waals surface area contributed by atoms with E-state index < -0.39 is 23.6 Å². The van der Waals surface area contributed by atoms with Crippen molar-refractivity contribution in [2.24, 2.45) is 0 Å². The molecule has 11 heteroatoms. The number of nitrogen functional groups attached to an aromatic ring is 1. The first-order chi connectivity index (χ1) is 20.5. The van der Waals surface area contributed by atoms with Gasteiger partial charge in [0.15, 0.2) is 11.2 Å². The van der Waals surface area contributed by atoms with Crippen LogP contribution in [-0.2, 0) is 27.4 Å². The summed E-state index contributed by atoms with van der Waals surface area (Å²) in [6.07, 6.45) is 1.03. The molecule has 0 amide bonds. The number of epoxide rings is 1. The molecule has 1 saturated heterocycles. The van der Waals surface area contributed by atoms with Crippen LogP contribution in [0.1, 0.15) is 26.3 Å². The van der Waals surface area contributed by atoms with E-state index in [2.05, 4.69) is 15.0 Å². The van der Waals surface area contributed by atoms with Gasteiger partial charge in [-0.2, -0.15) is 9.97 Å². The fourth-order valence-electron chi connectivity index (χ4n) is 4.57. The van der Waals surface area contributed by atoms with Gasteiger partial charge in [-0.25, -0.2) is 14.6 Å². The average Bonchev–Trinajstić information content (AvgIpc) is 3.58. The molecule has 0 radical (unpaired) electrons. The average molecular weight is 566 g/mol. The van der Waals surface area contributed by atoms with Crippen molar-refractivity contribution in [3.8, 4) is 5.88 Å². The number of hydrogen-bond donors (Lipinski definition) is 1. The molecule has 2 aromatic heterocycles. The molecule has 3 heterocycles. The maximum absolute atomic E-state index is 12.7. The van der Waals surface area contributed by atoms with Crippen molar-refractivity contribution in [1.82, 2.24) is 19.5 Å². The Labute approximate surface area is 240 Å². The Balaban J connectivity index is 1.21. The van der Waals surface area contributed by atoms with E-state index in [-0.39, 0.29) is 38.2 Å². The number of nitrogens with two attached hydrogens (primary N) is 1. The molecule has 0 aliphatic carbocycles. The minimum Gasteiger partial charge on any atom is -0.471 e. The summed E-state index contributed by atoms with van der Waals surface area (Å²) in [6.45, 7) is 0.335. The third-order valence-electron chi connectivity index (χ3n) is 6.84. The van der Waals surface area contributed by atoms with Crippen LogP contribution in [-0.4, -0.2) is 56.4 Å². The van der Waals surface area contributed by atoms with E-state index in [4.69, 9.17) is 24.7 Å². The van der Waals surface area contributed by atoms with Crippen LogP contribution in [0.5, 0.6) is 5.88 Å². The Hall–Kier alpha value is -5.29. The van der Waals surface area contributed by atoms with Crippen molar-refractivity contribution < 1.29 is 28.5 Å². The Morgan fingerprint density at radius 1 is 0.857 bits per heavy atom. The van der Waals surface area contributed by atoms with Crippen molar-refractivity contribution in [3.05, 3.63) is 114 Å². The number of esters is 2. The van der Waals surface area contributed by atoms with Crippen LogP contribution >= 0.6 is 0 Å². The van der Waals surface area contributed by atoms with Gasteiger partial charge in [-0.3, -0.25) is 0 Å². The first-order valence-corrected chi connectivity index (χ1v) is 13.3. The standard InChI is InChI=1S/C31H27N5O6/c32-30-34-26-25(27(35-30)39-16-21-10-4-1-5-11-21)33-20-36(26)18-31(19-41-29(38)23-14-8-3-9-15-23)24(42-31)17-40-28(37)22-12-6-2-7-13-22/h1-15,20,24H,16-19H2,(H2,32,34,35)/t24-,31+/m1/s1. The zero-order valence-electron chi connectivity index (χ0n) is 22.5. The zero-order valence-corrected chi connectivity index (χ0v) is 22.5. The number of ether oxygens (including phenoxy) is 4. The predicted octanol–water partition coefficient (Wildman–Crippen LogP) is 3.84. The number of hydrogen-bond acceptors (Lipinski definition) is 10. The summed E-state index contributed by atoms with van der Waals surface area (Å²) in [4.78, 5) is 38.4. The summed E-state index contributed by atoms with van der Waals surface area (Å²) in [7, 11) is 0. The number of aromatic nitrogens is 4. The molecule has 1 aliphatic rings. The molecule has 0 unspecified atom stereocenters. The van der Waals surface area contributed by atoms with Gasteiger partial charge in [0, 0.05) is 0 Å². The zero-order chi connectivity index (χ0) is 28.9. The molecule has 0 saturated carbocycles. The highest BCUT2D eigenvalue weighted by molar-refractivity contribution is 5.89. The lowest BCUT2D eigenvalue weighted by Crippen LogP contribution is -2.32. The largest absolute Gasteiger partial charge is 0.471 e. The Kier molecular flexibility index (Phi) is 7.48. The number of imidazole rings is 1. The lowest BCUT2D eigenvalue weighted by Gasteiger charge is -2.15. The third-order valence-corrected chi connectivity index (χ3v) is 6.84. The molecule has 2 N–H and O–H groups in total. The molecule has 3 aromatic carbocycles. The highest BCUT2D eigenvalue weighted by Crippen LogP contribution is 2.40. The first-order valence-electron chi connectivity index (χ1n) is 13.3. The number of benzene rings is 3. The van der Waals surface area contributed by atoms with Gasteiger partial charge in [-0.15, -0.1) is 0 Å². The van der Waals surface area contributed by atoms with Gasteiger partial charge >= 0.3 is 11.9 Å². The smallest absolute Gasteiger partial charge is 0.338 e. The number of carbonyl (C=O) groups excluding carboxylic acids is 2. The summed E-state index contributed by atoms with van der Waals surface area (Å²) in [5, 5.41) is 0. The Morgan fingerprint density at radius 3 is 2.14 bits per heavy atom. The molecule has 0 bridgehead atoms. The van der Waals surface area contributed by atoms with Crippen LogP contribution < -0.4 is 10.5 Å². The topological polar surface area (TPSA) is 144 Å². The lowest BCUT2D eigenvalue weighted by molar-refractivity contribution is 0.0374. The van der Waals surface area contributed by atoms with Crippen molar-refractivity contribution in [2.45, 2.75) is 24.9 Å². The summed E-state index contributed by atoms with van der Waals surface area (Å²) in [5.41, 5.74) is 7.67. The second kappa shape index (κ2) is 11.7. The molecule has 212 valence electrons. The number of anilines is 1. The van der Waals surface area contributed by atoms with Crippen LogP contribution in [0.15, 0.2) is 97.3 Å². The molecular weight excluding hydrogens is 538 g/mol. The van der Waals surface area contributed by atoms with E-state index in [0.29, 0.717) is 22.3 Å². The number of rotatable bonds is 11. The van der Waals surface area contributed by atoms with E-state index >= 15 is 0 Å². The van der Waals surface area contributed by atoms with Crippen LogP contribution in [0.25, 0.3) is 11.2 Å². The monoisotopic (exact) mass is 565 g/mol. The molecule has 0 spiro atoms. The van der Waals surface area contributed by atoms with Gasteiger partial charge in [-0.1, -0.05) is 66.7 Å². The fraction of sp³-hybridized carbons (Fsp3) is 0.194. The van der Waals surface area contributed by atoms with E-state index in [0.717, 1.165) is 5.56 Å². The molecular formula is C31H27N5O6. The normalized spacial score (nSPS) is 17.5. The number of fused-ring (bicyclic) bond motifs is 1. The third kappa shape index (κ3) is 5.91. The first kappa shape index (κ1) is 26.9. The van der Waals surface area contributed by atoms with E-state index in [1.807, 2.05) is 42.5 Å². The summed E-state index contributed by atoms with van der Waals surface area (Å²) < 4.78 is 24.9. The highest BCUT2D eigenvalue weighted by Gasteiger charge is 2.59. The summed E-state index contributed by atoms with van der Waals surface area (Å²) >= 11 is 0. The SMILES string of the molecule is Nc1nc(OCc2ccccc2)c2ncn(C[C@@]3(COC(=O)c4ccccc4)O[C@@H]3COC(=O)c3ccccc3)c2n1. The second-order valence-corrected chi connectivity index (χ2v) is 9.78. The van der Waals surface area contributed by atoms with Gasteiger partial charge in [-0.05, 0) is 29.8 Å². The lowest BCUT2D eigenvalue weighted by atomic mass is 10.1. The molecule has 42 heavy (non-hydrogen) atoms. The van der Waals surface area contributed by atoms with Crippen LogP contribution in [0.2, 0.25) is 0 Å². The summed E-state index contributed by atoms with van der Waals surface area (Å²) in [6, 6.07) is 27.0. The highest BCUT2D eigenvalue weighted by atomic mass is 16.7. The van der Waals surface area contributed by atoms with Crippen molar-refractivity contribution >= 4 is 29.1 Å². The van der Waals surface area contributed by atoms with Gasteiger partial charge < -0.3 is 29.2 Å². The van der Waals surface area contributed by atoms with E-state index in [9.17, 15) is 9.59 Å². The molecule has 5 aromatic rings. The Morgan fingerprint density at radius 2 is 1.48 bits per heavy atom. The van der Waals surface area contributed by atoms with Crippen molar-refractivity contribution in [1.29, 1.82) is 0 Å². The van der Waals surface area contributed by atoms with Gasteiger partial charge in [0.2, 0.25) is 11.8 Å². The fourth-order valence-corrected chi connectivity index (χ4v) is 4.57. The van der Waals surface area contributed by atoms with Crippen LogP contribution in [0.3, 0.4) is 0 Å². The predicted molar refractivity (Wildman–Crippen MR) is 152 cm³/mol. The molecule has 1 aliphatic heterocycles. The quantitative estimate of drug-likeness (QED) is 0.185. The minimum absolute atomic E-state index is 0.0157. The van der Waals surface area contributed by atoms with Gasteiger partial charge in [0.1, 0.15) is 31.5 Å². The second-order valence-electron chi connectivity index (χ2n) is 9.78. The van der Waals surface area contributed by atoms with Gasteiger partial charge in [0.25, 0.3) is 0 Å².